The van der Waals surface area contributed by atoms with Crippen molar-refractivity contribution < 1.29 is 24.2 Å². The Kier molecular flexibility index (Phi) is 7.93. The molecule has 4 rings (SSSR count). The zero-order valence-electron chi connectivity index (χ0n) is 20.7. The summed E-state index contributed by atoms with van der Waals surface area (Å²) >= 11 is 0. The van der Waals surface area contributed by atoms with Crippen LogP contribution in [-0.4, -0.2) is 89.8 Å². The van der Waals surface area contributed by atoms with Crippen LogP contribution in [0, 0.1) is 0 Å². The van der Waals surface area contributed by atoms with Gasteiger partial charge < -0.3 is 30.3 Å². The average Bonchev–Trinajstić information content (AvgIpc) is 3.27. The van der Waals surface area contributed by atoms with Gasteiger partial charge >= 0.3 is 0 Å². The van der Waals surface area contributed by atoms with Crippen molar-refractivity contribution >= 4 is 17.7 Å². The molecule has 10 heteroatoms. The largest absolute Gasteiger partial charge is 0.493 e. The normalized spacial score (nSPS) is 28.2. The number of rotatable bonds is 6. The maximum Gasteiger partial charge on any atom is 0.243 e. The molecule has 3 amide bonds. The van der Waals surface area contributed by atoms with Crippen LogP contribution < -0.4 is 20.7 Å². The van der Waals surface area contributed by atoms with E-state index in [1.807, 2.05) is 24.3 Å². The molecule has 3 aliphatic heterocycles. The third-order valence-electron chi connectivity index (χ3n) is 7.51. The van der Waals surface area contributed by atoms with Crippen LogP contribution in [-0.2, 0) is 14.4 Å². The van der Waals surface area contributed by atoms with Crippen molar-refractivity contribution in [3.8, 4) is 5.75 Å². The van der Waals surface area contributed by atoms with Crippen LogP contribution in [0.1, 0.15) is 51.1 Å². The molecular formula is C25H37N5O5. The van der Waals surface area contributed by atoms with E-state index in [0.29, 0.717) is 38.8 Å². The van der Waals surface area contributed by atoms with Crippen LogP contribution in [0.5, 0.6) is 5.75 Å². The number of nitrogens with zero attached hydrogens (tertiary/aromatic N) is 2. The second-order valence-corrected chi connectivity index (χ2v) is 9.72. The molecule has 6 atom stereocenters. The zero-order valence-corrected chi connectivity index (χ0v) is 20.7. The number of carbonyl (C=O) groups excluding carboxylic acids is 3. The third kappa shape index (κ3) is 5.44. The van der Waals surface area contributed by atoms with E-state index in [1.54, 1.807) is 23.8 Å². The Bertz CT molecular complexity index is 943. The van der Waals surface area contributed by atoms with Gasteiger partial charge in [-0.1, -0.05) is 18.2 Å². The SMILES string of the molecule is CN[C@@H](C)C(O)N[C@H]1CN(C(C)=O)CC[C@H]2CC[C@@H](C(=O)N[C@@H]3CCOc4ccccc43)N2C1=O. The van der Waals surface area contributed by atoms with E-state index in [0.717, 1.165) is 11.3 Å². The van der Waals surface area contributed by atoms with Gasteiger partial charge in [0.25, 0.3) is 0 Å². The standard InChI is InChI=1S/C25H37N5O5/c1-15(26-3)23(32)28-20-14-29(16(2)31)12-10-17-8-9-21(30(17)25(20)34)24(33)27-19-11-13-35-22-7-5-4-6-18(19)22/h4-7,15,17,19-21,23,26,28,32H,8-14H2,1-3H3,(H,27,33)/t15-,17+,19+,20-,21-,23?/m0/s1. The van der Waals surface area contributed by atoms with E-state index in [4.69, 9.17) is 4.74 Å². The number of para-hydroxylation sites is 1. The summed E-state index contributed by atoms with van der Waals surface area (Å²) < 4.78 is 5.72. The third-order valence-corrected chi connectivity index (χ3v) is 7.51. The molecule has 0 bridgehead atoms. The van der Waals surface area contributed by atoms with Gasteiger partial charge in [-0.05, 0) is 39.3 Å². The minimum atomic E-state index is -0.991. The number of hydrogen-bond acceptors (Lipinski definition) is 7. The predicted octanol–water partition coefficient (Wildman–Crippen LogP) is 0.123. The molecule has 2 fully saturated rings. The number of amides is 3. The summed E-state index contributed by atoms with van der Waals surface area (Å²) in [4.78, 5) is 42.8. The van der Waals surface area contributed by atoms with Crippen molar-refractivity contribution in [1.29, 1.82) is 0 Å². The predicted molar refractivity (Wildman–Crippen MR) is 129 cm³/mol. The summed E-state index contributed by atoms with van der Waals surface area (Å²) in [5.74, 6) is 0.236. The maximum absolute atomic E-state index is 13.8. The monoisotopic (exact) mass is 487 g/mol. The Morgan fingerprint density at radius 2 is 1.91 bits per heavy atom. The first-order valence-electron chi connectivity index (χ1n) is 12.5. The first-order valence-corrected chi connectivity index (χ1v) is 12.5. The highest BCUT2D eigenvalue weighted by molar-refractivity contribution is 5.91. The topological polar surface area (TPSA) is 123 Å². The summed E-state index contributed by atoms with van der Waals surface area (Å²) in [6.07, 6.45) is 1.56. The van der Waals surface area contributed by atoms with Crippen molar-refractivity contribution in [3.63, 3.8) is 0 Å². The number of carbonyl (C=O) groups is 3. The molecule has 10 nitrogen and oxygen atoms in total. The molecule has 1 aromatic rings. The first kappa shape index (κ1) is 25.4. The molecule has 1 unspecified atom stereocenters. The van der Waals surface area contributed by atoms with Crippen molar-refractivity contribution in [1.82, 2.24) is 25.8 Å². The van der Waals surface area contributed by atoms with Crippen molar-refractivity contribution in [2.24, 2.45) is 0 Å². The second-order valence-electron chi connectivity index (χ2n) is 9.72. The molecule has 4 N–H and O–H groups in total. The zero-order chi connectivity index (χ0) is 25.1. The van der Waals surface area contributed by atoms with Crippen LogP contribution >= 0.6 is 0 Å². The lowest BCUT2D eigenvalue weighted by atomic mass is 10.00. The van der Waals surface area contributed by atoms with Gasteiger partial charge in [-0.3, -0.25) is 19.7 Å². The Hall–Kier alpha value is -2.69. The molecule has 2 saturated heterocycles. The minimum absolute atomic E-state index is 0.111. The average molecular weight is 488 g/mol. The summed E-state index contributed by atoms with van der Waals surface area (Å²) in [6, 6.07) is 5.68. The number of nitrogens with one attached hydrogen (secondary N) is 3. The molecule has 0 aromatic heterocycles. The Morgan fingerprint density at radius 3 is 2.66 bits per heavy atom. The number of hydrogen-bond donors (Lipinski definition) is 4. The van der Waals surface area contributed by atoms with Crippen LogP contribution in [0.3, 0.4) is 0 Å². The van der Waals surface area contributed by atoms with Crippen molar-refractivity contribution in [3.05, 3.63) is 29.8 Å². The lowest BCUT2D eigenvalue weighted by Crippen LogP contribution is -2.63. The smallest absolute Gasteiger partial charge is 0.243 e. The number of ether oxygens (including phenoxy) is 1. The number of likely N-dealkylation sites (N-methyl/N-ethyl adjacent to an activating group) is 1. The molecule has 1 aromatic carbocycles. The van der Waals surface area contributed by atoms with Gasteiger partial charge in [0.05, 0.1) is 12.6 Å². The van der Waals surface area contributed by atoms with Gasteiger partial charge in [0, 0.05) is 44.1 Å². The molecule has 35 heavy (non-hydrogen) atoms. The van der Waals surface area contributed by atoms with Crippen LogP contribution in [0.25, 0.3) is 0 Å². The van der Waals surface area contributed by atoms with Crippen molar-refractivity contribution in [2.45, 2.75) is 76.0 Å². The van der Waals surface area contributed by atoms with Crippen LogP contribution in [0.15, 0.2) is 24.3 Å². The molecule has 3 heterocycles. The van der Waals surface area contributed by atoms with Gasteiger partial charge in [0.2, 0.25) is 17.7 Å². The number of benzene rings is 1. The lowest BCUT2D eigenvalue weighted by Gasteiger charge is -2.40. The highest BCUT2D eigenvalue weighted by Gasteiger charge is 2.45. The minimum Gasteiger partial charge on any atom is -0.493 e. The summed E-state index contributed by atoms with van der Waals surface area (Å²) in [5, 5.41) is 19.7. The molecule has 192 valence electrons. The van der Waals surface area contributed by atoms with E-state index in [1.165, 1.54) is 6.92 Å². The summed E-state index contributed by atoms with van der Waals surface area (Å²) in [6.45, 7) is 4.46. The first-order chi connectivity index (χ1) is 16.8. The highest BCUT2D eigenvalue weighted by atomic mass is 16.5. The van der Waals surface area contributed by atoms with E-state index >= 15 is 0 Å². The van der Waals surface area contributed by atoms with E-state index in [-0.39, 0.29) is 42.4 Å². The van der Waals surface area contributed by atoms with Gasteiger partial charge in [-0.15, -0.1) is 0 Å². The number of fused-ring (bicyclic) bond motifs is 2. The van der Waals surface area contributed by atoms with Gasteiger partial charge in [0.15, 0.2) is 0 Å². The Labute approximate surface area is 206 Å². The molecule has 0 radical (unpaired) electrons. The van der Waals surface area contributed by atoms with E-state index in [9.17, 15) is 19.5 Å². The lowest BCUT2D eigenvalue weighted by molar-refractivity contribution is -0.146. The molecule has 0 spiro atoms. The molecule has 0 aliphatic carbocycles. The van der Waals surface area contributed by atoms with Crippen molar-refractivity contribution in [2.75, 3.05) is 26.7 Å². The fourth-order valence-corrected chi connectivity index (χ4v) is 5.31. The number of aliphatic hydroxyl groups excluding tert-OH is 1. The van der Waals surface area contributed by atoms with Gasteiger partial charge in [-0.2, -0.15) is 0 Å². The Morgan fingerprint density at radius 1 is 1.14 bits per heavy atom. The fraction of sp³-hybridized carbons (Fsp3) is 0.640. The number of aliphatic hydroxyl groups is 1. The van der Waals surface area contributed by atoms with Crippen LogP contribution in [0.4, 0.5) is 0 Å². The molecule has 0 saturated carbocycles. The fourth-order valence-electron chi connectivity index (χ4n) is 5.31. The summed E-state index contributed by atoms with van der Waals surface area (Å²) in [7, 11) is 1.72. The van der Waals surface area contributed by atoms with Gasteiger partial charge in [-0.25, -0.2) is 0 Å². The quantitative estimate of drug-likeness (QED) is 0.421. The Balaban J connectivity index is 1.53. The molecule has 3 aliphatic rings. The van der Waals surface area contributed by atoms with E-state index in [2.05, 4.69) is 16.0 Å². The summed E-state index contributed by atoms with van der Waals surface area (Å²) in [5.41, 5.74) is 0.946. The second kappa shape index (κ2) is 10.9. The van der Waals surface area contributed by atoms with E-state index < -0.39 is 18.3 Å². The molecular weight excluding hydrogens is 450 g/mol. The van der Waals surface area contributed by atoms with Gasteiger partial charge in [0.1, 0.15) is 24.1 Å². The maximum atomic E-state index is 13.8. The highest BCUT2D eigenvalue weighted by Crippen LogP contribution is 2.33. The van der Waals surface area contributed by atoms with Crippen LogP contribution in [0.2, 0.25) is 0 Å².